The average molecular weight is 784 g/mol. The minimum atomic E-state index is -2.67. The van der Waals surface area contributed by atoms with Crippen molar-refractivity contribution >= 4 is 45.2 Å². The van der Waals surface area contributed by atoms with Crippen molar-refractivity contribution in [3.8, 4) is 0 Å². The molecule has 0 saturated heterocycles. The SMILES string of the molecule is CC(C)(C)OC(=O)N(Cc1ccc(Cl)c(C(C)(C)O[Si]C(C)(C)C)c1)CC(F)F.CC(C)(C)OC(=O)N(Cc1ccc(Cl)c(CO)c1)CC(F)F. The van der Waals surface area contributed by atoms with Gasteiger partial charge in [-0.1, -0.05) is 62.2 Å². The smallest absolute Gasteiger partial charge is 0.410 e. The lowest BCUT2D eigenvalue weighted by Gasteiger charge is -2.31. The van der Waals surface area contributed by atoms with Crippen LogP contribution in [0.3, 0.4) is 0 Å². The van der Waals surface area contributed by atoms with E-state index < -0.39 is 54.9 Å². The Kier molecular flexibility index (Phi) is 17.7. The molecule has 288 valence electrons. The zero-order valence-electron chi connectivity index (χ0n) is 31.3. The first kappa shape index (κ1) is 46.4. The fourth-order valence-electron chi connectivity index (χ4n) is 4.15. The van der Waals surface area contributed by atoms with Crippen LogP contribution in [0.25, 0.3) is 0 Å². The van der Waals surface area contributed by atoms with Gasteiger partial charge in [-0.2, -0.15) is 0 Å². The zero-order chi connectivity index (χ0) is 39.5. The van der Waals surface area contributed by atoms with Crippen LogP contribution in [0.2, 0.25) is 15.1 Å². The number of nitrogens with zero attached hydrogens (tertiary/aromatic N) is 2. The number of alkyl halides is 4. The maximum Gasteiger partial charge on any atom is 0.410 e. The summed E-state index contributed by atoms with van der Waals surface area (Å²) < 4.78 is 68.0. The van der Waals surface area contributed by atoms with Gasteiger partial charge in [-0.05, 0) is 95.3 Å². The molecule has 0 aliphatic carbocycles. The van der Waals surface area contributed by atoms with E-state index in [1.165, 1.54) is 0 Å². The highest BCUT2D eigenvalue weighted by molar-refractivity contribution is 6.33. The molecule has 0 unspecified atom stereocenters. The molecule has 1 N–H and O–H groups in total. The van der Waals surface area contributed by atoms with E-state index in [-0.39, 0.29) is 34.5 Å². The van der Waals surface area contributed by atoms with Crippen molar-refractivity contribution in [1.82, 2.24) is 9.80 Å². The van der Waals surface area contributed by atoms with Gasteiger partial charge in [0.1, 0.15) is 11.2 Å². The minimum Gasteiger partial charge on any atom is -0.444 e. The molecule has 0 aliphatic heterocycles. The summed E-state index contributed by atoms with van der Waals surface area (Å²) in [6.07, 6.45) is -6.92. The number of amides is 2. The number of benzene rings is 2. The molecule has 8 nitrogen and oxygen atoms in total. The van der Waals surface area contributed by atoms with Crippen molar-refractivity contribution in [3.63, 3.8) is 0 Å². The number of aliphatic hydroxyl groups excluding tert-OH is 1. The Bertz CT molecular complexity index is 1430. The predicted octanol–water partition coefficient (Wildman–Crippen LogP) is 10.3. The molecule has 0 aromatic heterocycles. The van der Waals surface area contributed by atoms with Crippen LogP contribution in [0.1, 0.15) is 98.4 Å². The van der Waals surface area contributed by atoms with E-state index in [4.69, 9.17) is 37.1 Å². The summed E-state index contributed by atoms with van der Waals surface area (Å²) in [5.41, 5.74) is 0.264. The third-order valence-corrected chi connectivity index (χ3v) is 8.26. The molecular formula is C36H52Cl2F4N2O6Si. The standard InChI is InChI=1S/C21H32ClF2NO3Si.C15H20ClF2NO3/c1-19(2,3)27-18(26)25(13-17(23)24)12-14-9-10-16(22)15(11-14)21(7,8)28-29-20(4,5)6;1-15(2,3)22-14(21)19(8-13(17)18)7-10-4-5-12(16)11(6-10)9-20/h9-11,17H,12-13H2,1-8H3;4-6,13,20H,7-9H2,1-3H3. The van der Waals surface area contributed by atoms with Gasteiger partial charge in [0.05, 0.1) is 25.3 Å². The molecule has 0 atom stereocenters. The van der Waals surface area contributed by atoms with Crippen molar-refractivity contribution in [1.29, 1.82) is 0 Å². The van der Waals surface area contributed by atoms with Crippen LogP contribution < -0.4 is 0 Å². The van der Waals surface area contributed by atoms with Gasteiger partial charge in [-0.3, -0.25) is 9.80 Å². The van der Waals surface area contributed by atoms with E-state index in [0.29, 0.717) is 26.7 Å². The highest BCUT2D eigenvalue weighted by Crippen LogP contribution is 2.34. The quantitative estimate of drug-likeness (QED) is 0.170. The molecule has 0 bridgehead atoms. The largest absolute Gasteiger partial charge is 0.444 e. The lowest BCUT2D eigenvalue weighted by molar-refractivity contribution is 0.00773. The van der Waals surface area contributed by atoms with Gasteiger partial charge < -0.3 is 19.0 Å². The lowest BCUT2D eigenvalue weighted by Crippen LogP contribution is -2.39. The molecule has 51 heavy (non-hydrogen) atoms. The van der Waals surface area contributed by atoms with Crippen molar-refractivity contribution in [2.45, 2.75) is 131 Å². The monoisotopic (exact) mass is 782 g/mol. The van der Waals surface area contributed by atoms with Crippen LogP contribution in [0, 0.1) is 0 Å². The molecule has 0 saturated carbocycles. The Morgan fingerprint density at radius 3 is 1.51 bits per heavy atom. The second kappa shape index (κ2) is 19.5. The lowest BCUT2D eigenvalue weighted by atomic mass is 9.96. The van der Waals surface area contributed by atoms with E-state index in [9.17, 15) is 32.3 Å². The maximum atomic E-state index is 13.0. The fourth-order valence-corrected chi connectivity index (χ4v) is 5.34. The summed E-state index contributed by atoms with van der Waals surface area (Å²) in [6.45, 7) is 18.4. The van der Waals surface area contributed by atoms with Gasteiger partial charge in [0.15, 0.2) is 0 Å². The molecule has 0 aliphatic rings. The third kappa shape index (κ3) is 18.7. The van der Waals surface area contributed by atoms with E-state index in [0.717, 1.165) is 15.4 Å². The number of aliphatic hydroxyl groups is 1. The molecule has 0 heterocycles. The van der Waals surface area contributed by atoms with E-state index in [2.05, 4.69) is 20.8 Å². The molecule has 2 amide bonds. The van der Waals surface area contributed by atoms with Gasteiger partial charge in [0, 0.05) is 28.7 Å². The van der Waals surface area contributed by atoms with Crippen molar-refractivity contribution in [2.24, 2.45) is 0 Å². The number of hydrogen-bond donors (Lipinski definition) is 1. The molecule has 2 aromatic carbocycles. The molecule has 15 heteroatoms. The summed E-state index contributed by atoms with van der Waals surface area (Å²) in [4.78, 5) is 26.3. The van der Waals surface area contributed by atoms with Crippen molar-refractivity contribution in [2.75, 3.05) is 13.1 Å². The number of carbonyl (C=O) groups is 2. The Morgan fingerprint density at radius 1 is 0.725 bits per heavy atom. The van der Waals surface area contributed by atoms with Gasteiger partial charge in [0.25, 0.3) is 12.9 Å². The van der Waals surface area contributed by atoms with Crippen molar-refractivity contribution < 1.29 is 46.2 Å². The molecule has 2 rings (SSSR count). The minimum absolute atomic E-state index is 0.00609. The average Bonchev–Trinajstić information content (AvgIpc) is 2.95. The second-order valence-corrected chi connectivity index (χ2v) is 18.1. The van der Waals surface area contributed by atoms with E-state index in [1.54, 1.807) is 77.9 Å². The maximum absolute atomic E-state index is 13.0. The molecule has 2 radical (unpaired) electrons. The zero-order valence-corrected chi connectivity index (χ0v) is 33.8. The van der Waals surface area contributed by atoms with Gasteiger partial charge in [-0.25, -0.2) is 27.2 Å². The summed E-state index contributed by atoms with van der Waals surface area (Å²) >= 11 is 12.3. The first-order valence-electron chi connectivity index (χ1n) is 16.3. The number of carbonyl (C=O) groups excluding carboxylic acids is 2. The van der Waals surface area contributed by atoms with Crippen LogP contribution in [0.15, 0.2) is 36.4 Å². The van der Waals surface area contributed by atoms with Crippen LogP contribution in [-0.4, -0.2) is 74.0 Å². The number of rotatable bonds is 12. The normalized spacial score (nSPS) is 12.4. The predicted molar refractivity (Wildman–Crippen MR) is 194 cm³/mol. The van der Waals surface area contributed by atoms with Gasteiger partial charge >= 0.3 is 12.2 Å². The van der Waals surface area contributed by atoms with Crippen LogP contribution >= 0.6 is 23.2 Å². The van der Waals surface area contributed by atoms with Gasteiger partial charge in [-0.15, -0.1) is 0 Å². The van der Waals surface area contributed by atoms with E-state index >= 15 is 0 Å². The summed E-state index contributed by atoms with van der Waals surface area (Å²) in [6, 6.07) is 9.97. The second-order valence-electron chi connectivity index (χ2n) is 15.4. The molecule has 0 spiro atoms. The molecule has 2 aromatic rings. The van der Waals surface area contributed by atoms with Crippen LogP contribution in [0.5, 0.6) is 0 Å². The Balaban J connectivity index is 0.000000530. The summed E-state index contributed by atoms with van der Waals surface area (Å²) in [5.74, 6) is 0. The summed E-state index contributed by atoms with van der Waals surface area (Å²) in [7, 11) is 0.251. The topological polar surface area (TPSA) is 88.5 Å². The number of ether oxygens (including phenoxy) is 2. The first-order valence-corrected chi connectivity index (χ1v) is 17.9. The van der Waals surface area contributed by atoms with E-state index in [1.807, 2.05) is 13.8 Å². The highest BCUT2D eigenvalue weighted by Gasteiger charge is 2.30. The molecule has 0 fully saturated rings. The number of halogens is 6. The van der Waals surface area contributed by atoms with Crippen LogP contribution in [0.4, 0.5) is 27.2 Å². The Labute approximate surface area is 312 Å². The Hall–Kier alpha value is -2.58. The van der Waals surface area contributed by atoms with Gasteiger partial charge in [0.2, 0.25) is 9.76 Å². The summed E-state index contributed by atoms with van der Waals surface area (Å²) in [5, 5.41) is 10.1. The van der Waals surface area contributed by atoms with Crippen LogP contribution in [-0.2, 0) is 39.2 Å². The molecular weight excluding hydrogens is 731 g/mol. The Morgan fingerprint density at radius 2 is 1.14 bits per heavy atom. The third-order valence-electron chi connectivity index (χ3n) is 6.34. The number of hydrogen-bond acceptors (Lipinski definition) is 6. The fraction of sp³-hybridized carbons (Fsp3) is 0.611. The highest BCUT2D eigenvalue weighted by atomic mass is 35.5. The van der Waals surface area contributed by atoms with Crippen molar-refractivity contribution in [3.05, 3.63) is 68.7 Å². The first-order chi connectivity index (χ1) is 23.1.